The van der Waals surface area contributed by atoms with Crippen LogP contribution in [0.15, 0.2) is 12.1 Å². The van der Waals surface area contributed by atoms with Crippen LogP contribution < -0.4 is 4.74 Å². The fraction of sp³-hybridized carbons (Fsp3) is 0.500. The number of hydrogen-bond donors (Lipinski definition) is 1. The maximum Gasteiger partial charge on any atom is 0.339 e. The Kier molecular flexibility index (Phi) is 5.16. The zero-order chi connectivity index (χ0) is 13.7. The topological polar surface area (TPSA) is 55.8 Å². The Morgan fingerprint density at radius 3 is 2.50 bits per heavy atom. The van der Waals surface area contributed by atoms with Crippen molar-refractivity contribution in [3.8, 4) is 5.75 Å². The molecule has 0 spiro atoms. The summed E-state index contributed by atoms with van der Waals surface area (Å²) in [6.07, 6.45) is -1.30. The van der Waals surface area contributed by atoms with Crippen LogP contribution >= 0.6 is 0 Å². The predicted octanol–water partition coefficient (Wildman–Crippen LogP) is 2.30. The minimum absolute atomic E-state index is 0.241. The summed E-state index contributed by atoms with van der Waals surface area (Å²) in [5.74, 6) is -0.0836. The van der Waals surface area contributed by atoms with Crippen molar-refractivity contribution in [3.05, 3.63) is 28.8 Å². The molecular formula is C14H20O4. The van der Waals surface area contributed by atoms with Crippen LogP contribution in [0.2, 0.25) is 0 Å². The van der Waals surface area contributed by atoms with Crippen molar-refractivity contribution in [2.75, 3.05) is 13.2 Å². The van der Waals surface area contributed by atoms with E-state index in [0.29, 0.717) is 17.9 Å². The van der Waals surface area contributed by atoms with Crippen molar-refractivity contribution in [1.82, 2.24) is 0 Å². The standard InChI is InChI=1S/C14H20O4/c1-5-17-13-10(4)9(3)7-8-11(13)12(15)14(16)18-6-2/h7-8,12,15H,5-6H2,1-4H3. The molecule has 0 amide bonds. The van der Waals surface area contributed by atoms with E-state index in [9.17, 15) is 9.90 Å². The molecule has 1 aromatic carbocycles. The molecule has 0 saturated heterocycles. The third-order valence-electron chi connectivity index (χ3n) is 2.80. The lowest BCUT2D eigenvalue weighted by atomic mass is 10.0. The van der Waals surface area contributed by atoms with Gasteiger partial charge in [-0.15, -0.1) is 0 Å². The number of ether oxygens (including phenoxy) is 2. The number of aryl methyl sites for hydroxylation is 1. The maximum atomic E-state index is 11.6. The summed E-state index contributed by atoms with van der Waals surface area (Å²) in [6, 6.07) is 3.56. The average Bonchev–Trinajstić information content (AvgIpc) is 2.35. The Hall–Kier alpha value is -1.55. The molecule has 1 rings (SSSR count). The van der Waals surface area contributed by atoms with Crippen molar-refractivity contribution in [1.29, 1.82) is 0 Å². The number of benzene rings is 1. The molecule has 0 aromatic heterocycles. The summed E-state index contributed by atoms with van der Waals surface area (Å²) in [5, 5.41) is 9.99. The zero-order valence-corrected chi connectivity index (χ0v) is 11.3. The van der Waals surface area contributed by atoms with E-state index in [1.807, 2.05) is 26.8 Å². The van der Waals surface area contributed by atoms with Gasteiger partial charge in [-0.05, 0) is 38.8 Å². The van der Waals surface area contributed by atoms with Crippen molar-refractivity contribution < 1.29 is 19.4 Å². The van der Waals surface area contributed by atoms with E-state index in [1.165, 1.54) is 0 Å². The third kappa shape index (κ3) is 3.01. The molecule has 1 aromatic rings. The van der Waals surface area contributed by atoms with Gasteiger partial charge < -0.3 is 14.6 Å². The Bertz CT molecular complexity index is 426. The average molecular weight is 252 g/mol. The first-order valence-electron chi connectivity index (χ1n) is 6.10. The molecule has 0 radical (unpaired) electrons. The molecular weight excluding hydrogens is 232 g/mol. The van der Waals surface area contributed by atoms with E-state index in [0.717, 1.165) is 11.1 Å². The Labute approximate surface area is 108 Å². The molecule has 0 saturated carbocycles. The van der Waals surface area contributed by atoms with Crippen molar-refractivity contribution in [2.45, 2.75) is 33.8 Å². The highest BCUT2D eigenvalue weighted by Gasteiger charge is 2.24. The maximum absolute atomic E-state index is 11.6. The lowest BCUT2D eigenvalue weighted by Gasteiger charge is -2.18. The van der Waals surface area contributed by atoms with Crippen molar-refractivity contribution >= 4 is 5.97 Å². The van der Waals surface area contributed by atoms with Gasteiger partial charge in [0.05, 0.1) is 13.2 Å². The fourth-order valence-electron chi connectivity index (χ4n) is 1.71. The van der Waals surface area contributed by atoms with Gasteiger partial charge >= 0.3 is 5.97 Å². The molecule has 1 atom stereocenters. The van der Waals surface area contributed by atoms with Crippen LogP contribution in [-0.2, 0) is 9.53 Å². The number of carbonyl (C=O) groups excluding carboxylic acids is 1. The summed E-state index contributed by atoms with van der Waals surface area (Å²) in [4.78, 5) is 11.6. The predicted molar refractivity (Wildman–Crippen MR) is 68.7 cm³/mol. The van der Waals surface area contributed by atoms with Crippen LogP contribution in [0.3, 0.4) is 0 Å². The third-order valence-corrected chi connectivity index (χ3v) is 2.80. The van der Waals surface area contributed by atoms with E-state index in [-0.39, 0.29) is 6.61 Å². The lowest BCUT2D eigenvalue weighted by molar-refractivity contribution is -0.153. The Balaban J connectivity index is 3.14. The van der Waals surface area contributed by atoms with Crippen LogP contribution in [0, 0.1) is 13.8 Å². The van der Waals surface area contributed by atoms with Gasteiger partial charge in [0.25, 0.3) is 0 Å². The van der Waals surface area contributed by atoms with Gasteiger partial charge in [-0.25, -0.2) is 4.79 Å². The van der Waals surface area contributed by atoms with Gasteiger partial charge in [0.1, 0.15) is 5.75 Å². The Morgan fingerprint density at radius 2 is 1.94 bits per heavy atom. The second kappa shape index (κ2) is 6.40. The highest BCUT2D eigenvalue weighted by molar-refractivity contribution is 5.77. The molecule has 0 aliphatic carbocycles. The summed E-state index contributed by atoms with van der Waals surface area (Å²) >= 11 is 0. The van der Waals surface area contributed by atoms with Gasteiger partial charge in [0, 0.05) is 5.56 Å². The van der Waals surface area contributed by atoms with E-state index in [1.54, 1.807) is 13.0 Å². The number of rotatable bonds is 5. The summed E-state index contributed by atoms with van der Waals surface area (Å²) < 4.78 is 10.3. The Morgan fingerprint density at radius 1 is 1.28 bits per heavy atom. The number of esters is 1. The summed E-state index contributed by atoms with van der Waals surface area (Å²) in [6.45, 7) is 8.15. The van der Waals surface area contributed by atoms with Crippen LogP contribution in [-0.4, -0.2) is 24.3 Å². The first-order chi connectivity index (χ1) is 8.52. The molecule has 100 valence electrons. The minimum Gasteiger partial charge on any atom is -0.493 e. The highest BCUT2D eigenvalue weighted by Crippen LogP contribution is 2.31. The summed E-state index contributed by atoms with van der Waals surface area (Å²) in [5.41, 5.74) is 2.44. The molecule has 1 unspecified atom stereocenters. The minimum atomic E-state index is -1.30. The molecule has 4 heteroatoms. The molecule has 0 bridgehead atoms. The van der Waals surface area contributed by atoms with Crippen LogP contribution in [0.4, 0.5) is 0 Å². The zero-order valence-electron chi connectivity index (χ0n) is 11.3. The first kappa shape index (κ1) is 14.5. The van der Waals surface area contributed by atoms with E-state index in [2.05, 4.69) is 0 Å². The van der Waals surface area contributed by atoms with Gasteiger partial charge in [-0.1, -0.05) is 12.1 Å². The normalized spacial score (nSPS) is 12.1. The number of aliphatic hydroxyl groups excluding tert-OH is 1. The number of hydrogen-bond acceptors (Lipinski definition) is 4. The van der Waals surface area contributed by atoms with Gasteiger partial charge in [-0.3, -0.25) is 0 Å². The SMILES string of the molecule is CCOC(=O)C(O)c1ccc(C)c(C)c1OCC. The van der Waals surface area contributed by atoms with Crippen molar-refractivity contribution in [2.24, 2.45) is 0 Å². The van der Waals surface area contributed by atoms with E-state index >= 15 is 0 Å². The van der Waals surface area contributed by atoms with Crippen LogP contribution in [0.5, 0.6) is 5.75 Å². The molecule has 0 aliphatic rings. The van der Waals surface area contributed by atoms with E-state index < -0.39 is 12.1 Å². The quantitative estimate of drug-likeness (QED) is 0.817. The van der Waals surface area contributed by atoms with Crippen LogP contribution in [0.1, 0.15) is 36.6 Å². The largest absolute Gasteiger partial charge is 0.493 e. The molecule has 1 N–H and O–H groups in total. The van der Waals surface area contributed by atoms with Gasteiger partial charge in [0.2, 0.25) is 0 Å². The lowest BCUT2D eigenvalue weighted by Crippen LogP contribution is -2.17. The first-order valence-corrected chi connectivity index (χ1v) is 6.10. The monoisotopic (exact) mass is 252 g/mol. The molecule has 0 fully saturated rings. The summed E-state index contributed by atoms with van der Waals surface area (Å²) in [7, 11) is 0. The molecule has 0 aliphatic heterocycles. The number of aliphatic hydroxyl groups is 1. The number of carbonyl (C=O) groups is 1. The smallest absolute Gasteiger partial charge is 0.339 e. The van der Waals surface area contributed by atoms with Gasteiger partial charge in [-0.2, -0.15) is 0 Å². The fourth-order valence-corrected chi connectivity index (χ4v) is 1.71. The van der Waals surface area contributed by atoms with Crippen molar-refractivity contribution in [3.63, 3.8) is 0 Å². The van der Waals surface area contributed by atoms with E-state index in [4.69, 9.17) is 9.47 Å². The van der Waals surface area contributed by atoms with Gasteiger partial charge in [0.15, 0.2) is 6.10 Å². The molecule has 4 nitrogen and oxygen atoms in total. The highest BCUT2D eigenvalue weighted by atomic mass is 16.5. The second-order valence-corrected chi connectivity index (χ2v) is 4.01. The molecule has 18 heavy (non-hydrogen) atoms. The van der Waals surface area contributed by atoms with Crippen LogP contribution in [0.25, 0.3) is 0 Å². The molecule has 0 heterocycles. The second-order valence-electron chi connectivity index (χ2n) is 4.01.